The van der Waals surface area contributed by atoms with E-state index in [4.69, 9.17) is 4.74 Å². The normalized spacial score (nSPS) is 13.6. The summed E-state index contributed by atoms with van der Waals surface area (Å²) in [6.45, 7) is 6.32. The summed E-state index contributed by atoms with van der Waals surface area (Å²) >= 11 is 1.74. The number of ether oxygens (including phenoxy) is 1. The largest absolute Gasteiger partial charge is 0.427 e. The molecule has 0 bridgehead atoms. The van der Waals surface area contributed by atoms with Crippen molar-refractivity contribution in [1.29, 1.82) is 0 Å². The smallest absolute Gasteiger partial charge is 0.308 e. The molecule has 0 saturated carbocycles. The first-order valence-electron chi connectivity index (χ1n) is 12.2. The van der Waals surface area contributed by atoms with Gasteiger partial charge in [0.25, 0.3) is 0 Å². The fourth-order valence-electron chi connectivity index (χ4n) is 4.93. The molecule has 0 radical (unpaired) electrons. The lowest BCUT2D eigenvalue weighted by molar-refractivity contribution is -0.132. The highest BCUT2D eigenvalue weighted by Crippen LogP contribution is 2.36. The molecule has 6 heteroatoms. The Labute approximate surface area is 206 Å². The average Bonchev–Trinajstić information content (AvgIpc) is 3.46. The lowest BCUT2D eigenvalue weighted by Crippen LogP contribution is -2.27. The first-order valence-corrected chi connectivity index (χ1v) is 13.4. The fourth-order valence-corrected chi connectivity index (χ4v) is 5.34. The predicted octanol–water partition coefficient (Wildman–Crippen LogP) is 6.45. The summed E-state index contributed by atoms with van der Waals surface area (Å²) < 4.78 is 7.74. The molecule has 4 rings (SSSR count). The molecule has 1 saturated heterocycles. The summed E-state index contributed by atoms with van der Waals surface area (Å²) in [5.41, 5.74) is 4.72. The zero-order chi connectivity index (χ0) is 24.1. The molecule has 1 aliphatic heterocycles. The van der Waals surface area contributed by atoms with Crippen LogP contribution < -0.4 is 4.74 Å². The van der Waals surface area contributed by atoms with Gasteiger partial charge in [0, 0.05) is 48.8 Å². The van der Waals surface area contributed by atoms with Gasteiger partial charge in [-0.05, 0) is 80.3 Å². The Morgan fingerprint density at radius 2 is 1.74 bits per heavy atom. The monoisotopic (exact) mass is 478 g/mol. The molecule has 0 spiro atoms. The molecule has 0 unspecified atom stereocenters. The van der Waals surface area contributed by atoms with Crippen LogP contribution in [0.1, 0.15) is 51.0 Å². The molecule has 0 atom stereocenters. The molecule has 34 heavy (non-hydrogen) atoms. The number of hydrogen-bond donors (Lipinski definition) is 0. The van der Waals surface area contributed by atoms with Gasteiger partial charge in [-0.1, -0.05) is 18.6 Å². The quantitative estimate of drug-likeness (QED) is 0.154. The standard InChI is InChI=1S/C28H34N2O3S/c1-20-25-19-23(33-21(2)31)12-15-26(25)30(28(20)22-10-13-24(34-3)14-11-22)18-6-4-5-9-27(32)29-16-7-8-17-29/h10-15,19H,4-9,16-18H2,1-3H3. The first kappa shape index (κ1) is 24.4. The zero-order valence-electron chi connectivity index (χ0n) is 20.4. The average molecular weight is 479 g/mol. The lowest BCUT2D eigenvalue weighted by atomic mass is 10.1. The van der Waals surface area contributed by atoms with Crippen molar-refractivity contribution in [1.82, 2.24) is 9.47 Å². The number of hydrogen-bond acceptors (Lipinski definition) is 4. The third-order valence-electron chi connectivity index (χ3n) is 6.64. The van der Waals surface area contributed by atoms with E-state index in [1.165, 1.54) is 28.6 Å². The number of nitrogens with zero attached hydrogens (tertiary/aromatic N) is 2. The maximum Gasteiger partial charge on any atom is 0.308 e. The van der Waals surface area contributed by atoms with Crippen molar-refractivity contribution in [3.05, 3.63) is 48.0 Å². The van der Waals surface area contributed by atoms with E-state index in [2.05, 4.69) is 48.1 Å². The van der Waals surface area contributed by atoms with Gasteiger partial charge in [0.15, 0.2) is 0 Å². The summed E-state index contributed by atoms with van der Waals surface area (Å²) in [6.07, 6.45) is 7.99. The molecule has 180 valence electrons. The Morgan fingerprint density at radius 3 is 2.41 bits per heavy atom. The Kier molecular flexibility index (Phi) is 7.99. The van der Waals surface area contributed by atoms with Crippen LogP contribution in [-0.2, 0) is 16.1 Å². The number of carbonyl (C=O) groups excluding carboxylic acids is 2. The van der Waals surface area contributed by atoms with Crippen LogP contribution in [0.15, 0.2) is 47.4 Å². The van der Waals surface area contributed by atoms with Crippen LogP contribution in [0.25, 0.3) is 22.2 Å². The topological polar surface area (TPSA) is 51.5 Å². The first-order chi connectivity index (χ1) is 16.5. The molecule has 5 nitrogen and oxygen atoms in total. The lowest BCUT2D eigenvalue weighted by Gasteiger charge is -2.15. The Morgan fingerprint density at radius 1 is 1.00 bits per heavy atom. The van der Waals surface area contributed by atoms with E-state index >= 15 is 0 Å². The maximum absolute atomic E-state index is 12.3. The molecule has 1 aliphatic rings. The van der Waals surface area contributed by atoms with Crippen molar-refractivity contribution in [3.63, 3.8) is 0 Å². The summed E-state index contributed by atoms with van der Waals surface area (Å²) in [5.74, 6) is 0.574. The number of aromatic nitrogens is 1. The molecule has 2 heterocycles. The number of fused-ring (bicyclic) bond motifs is 1. The van der Waals surface area contributed by atoms with Crippen LogP contribution in [0.3, 0.4) is 0 Å². The van der Waals surface area contributed by atoms with Crippen molar-refractivity contribution in [3.8, 4) is 17.0 Å². The van der Waals surface area contributed by atoms with Crippen LogP contribution in [0, 0.1) is 6.92 Å². The van der Waals surface area contributed by atoms with Crippen LogP contribution in [0.4, 0.5) is 0 Å². The third kappa shape index (κ3) is 5.49. The van der Waals surface area contributed by atoms with Crippen LogP contribution in [-0.4, -0.2) is 40.7 Å². The van der Waals surface area contributed by atoms with Gasteiger partial charge >= 0.3 is 5.97 Å². The molecule has 0 N–H and O–H groups in total. The number of amides is 1. The second kappa shape index (κ2) is 11.1. The number of unbranched alkanes of at least 4 members (excludes halogenated alkanes) is 2. The van der Waals surface area contributed by atoms with E-state index in [1.807, 2.05) is 17.0 Å². The van der Waals surface area contributed by atoms with E-state index in [9.17, 15) is 9.59 Å². The minimum atomic E-state index is -0.312. The van der Waals surface area contributed by atoms with Gasteiger partial charge in [0.05, 0.1) is 5.69 Å². The number of thioether (sulfide) groups is 1. The Bertz CT molecular complexity index is 1160. The van der Waals surface area contributed by atoms with Crippen LogP contribution in [0.2, 0.25) is 0 Å². The van der Waals surface area contributed by atoms with E-state index < -0.39 is 0 Å². The van der Waals surface area contributed by atoms with Gasteiger partial charge in [-0.3, -0.25) is 9.59 Å². The van der Waals surface area contributed by atoms with Crippen molar-refractivity contribution in [2.75, 3.05) is 19.3 Å². The second-order valence-corrected chi connectivity index (χ2v) is 9.90. The highest BCUT2D eigenvalue weighted by Gasteiger charge is 2.18. The number of benzene rings is 2. The van der Waals surface area contributed by atoms with E-state index in [0.717, 1.165) is 62.6 Å². The van der Waals surface area contributed by atoms with E-state index in [-0.39, 0.29) is 5.97 Å². The molecule has 1 amide bonds. The zero-order valence-corrected chi connectivity index (χ0v) is 21.2. The summed E-state index contributed by atoms with van der Waals surface area (Å²) in [5, 5.41) is 1.10. The number of esters is 1. The van der Waals surface area contributed by atoms with Crippen LogP contribution >= 0.6 is 11.8 Å². The van der Waals surface area contributed by atoms with Gasteiger partial charge in [0.2, 0.25) is 5.91 Å². The Hall–Kier alpha value is -2.73. The van der Waals surface area contributed by atoms with Crippen molar-refractivity contribution < 1.29 is 14.3 Å². The number of carbonyl (C=O) groups is 2. The van der Waals surface area contributed by atoms with Gasteiger partial charge in [-0.2, -0.15) is 0 Å². The highest BCUT2D eigenvalue weighted by molar-refractivity contribution is 7.98. The number of aryl methyl sites for hydroxylation is 2. The minimum Gasteiger partial charge on any atom is -0.427 e. The maximum atomic E-state index is 12.3. The predicted molar refractivity (Wildman–Crippen MR) is 139 cm³/mol. The van der Waals surface area contributed by atoms with Crippen molar-refractivity contribution in [2.24, 2.45) is 0 Å². The Balaban J connectivity index is 1.55. The van der Waals surface area contributed by atoms with E-state index in [1.54, 1.807) is 11.8 Å². The molecule has 1 aromatic heterocycles. The van der Waals surface area contributed by atoms with Gasteiger partial charge in [-0.25, -0.2) is 0 Å². The van der Waals surface area contributed by atoms with Gasteiger partial charge < -0.3 is 14.2 Å². The number of likely N-dealkylation sites (tertiary alicyclic amines) is 1. The minimum absolute atomic E-state index is 0.312. The van der Waals surface area contributed by atoms with Crippen molar-refractivity contribution >= 4 is 34.5 Å². The third-order valence-corrected chi connectivity index (χ3v) is 7.39. The number of rotatable bonds is 9. The molecule has 1 fully saturated rings. The molecule has 2 aromatic carbocycles. The SMILES string of the molecule is CSc1ccc(-c2c(C)c3cc(OC(C)=O)ccc3n2CCCCCC(=O)N2CCCC2)cc1. The van der Waals surface area contributed by atoms with E-state index in [0.29, 0.717) is 18.1 Å². The molecular weight excluding hydrogens is 444 g/mol. The highest BCUT2D eigenvalue weighted by atomic mass is 32.2. The van der Waals surface area contributed by atoms with Crippen LogP contribution in [0.5, 0.6) is 5.75 Å². The second-order valence-electron chi connectivity index (χ2n) is 9.02. The van der Waals surface area contributed by atoms with Gasteiger partial charge in [-0.15, -0.1) is 11.8 Å². The molecular formula is C28H34N2O3S. The van der Waals surface area contributed by atoms with Gasteiger partial charge in [0.1, 0.15) is 5.75 Å². The summed E-state index contributed by atoms with van der Waals surface area (Å²) in [4.78, 5) is 27.1. The summed E-state index contributed by atoms with van der Waals surface area (Å²) in [6, 6.07) is 14.6. The van der Waals surface area contributed by atoms with Crippen molar-refractivity contribution in [2.45, 2.75) is 63.8 Å². The fraction of sp³-hybridized carbons (Fsp3) is 0.429. The molecule has 3 aromatic rings. The molecule has 0 aliphatic carbocycles. The summed E-state index contributed by atoms with van der Waals surface area (Å²) in [7, 11) is 0.